The standard InChI is InChI=1S/C16H19N3O3S/c1-11-4-3-5-12(6-11)7-14(15(17)20)19(2)16(21)22-9-13-8-18-10-23-13/h3-6,8,10,14H,7,9H2,1-2H3,(H2,17,20)/t14-/m0/s1. The lowest BCUT2D eigenvalue weighted by Gasteiger charge is -2.25. The molecule has 23 heavy (non-hydrogen) atoms. The highest BCUT2D eigenvalue weighted by Crippen LogP contribution is 2.13. The number of benzene rings is 1. The normalized spacial score (nSPS) is 11.7. The van der Waals surface area contributed by atoms with Gasteiger partial charge in [0.25, 0.3) is 0 Å². The van der Waals surface area contributed by atoms with Crippen LogP contribution in [-0.2, 0) is 22.6 Å². The number of hydrogen-bond donors (Lipinski definition) is 1. The number of carbonyl (C=O) groups excluding carboxylic acids is 2. The number of likely N-dealkylation sites (N-methyl/N-ethyl adjacent to an activating group) is 1. The summed E-state index contributed by atoms with van der Waals surface area (Å²) in [6.07, 6.45) is 1.40. The number of nitrogens with two attached hydrogens (primary N) is 1. The lowest BCUT2D eigenvalue weighted by molar-refractivity contribution is -0.122. The van der Waals surface area contributed by atoms with Crippen molar-refractivity contribution in [3.8, 4) is 0 Å². The van der Waals surface area contributed by atoms with Gasteiger partial charge in [0.1, 0.15) is 12.6 Å². The number of amides is 2. The van der Waals surface area contributed by atoms with Gasteiger partial charge in [-0.05, 0) is 12.5 Å². The molecule has 0 spiro atoms. The number of nitrogens with zero attached hydrogens (tertiary/aromatic N) is 2. The summed E-state index contributed by atoms with van der Waals surface area (Å²) in [5, 5.41) is 0. The number of ether oxygens (including phenoxy) is 1. The van der Waals surface area contributed by atoms with Gasteiger partial charge in [-0.15, -0.1) is 11.3 Å². The molecule has 2 amide bonds. The summed E-state index contributed by atoms with van der Waals surface area (Å²) >= 11 is 1.40. The second-order valence-electron chi connectivity index (χ2n) is 5.24. The zero-order chi connectivity index (χ0) is 16.8. The lowest BCUT2D eigenvalue weighted by atomic mass is 10.0. The molecule has 0 aliphatic carbocycles. The molecule has 0 unspecified atom stereocenters. The van der Waals surface area contributed by atoms with Gasteiger partial charge in [-0.25, -0.2) is 4.79 Å². The molecular weight excluding hydrogens is 314 g/mol. The Morgan fingerprint density at radius 2 is 2.22 bits per heavy atom. The van der Waals surface area contributed by atoms with Crippen LogP contribution in [0.15, 0.2) is 36.0 Å². The predicted molar refractivity (Wildman–Crippen MR) is 87.9 cm³/mol. The average Bonchev–Trinajstić information content (AvgIpc) is 3.03. The molecule has 0 fully saturated rings. The van der Waals surface area contributed by atoms with Crippen LogP contribution in [0.25, 0.3) is 0 Å². The summed E-state index contributed by atoms with van der Waals surface area (Å²) in [7, 11) is 1.51. The monoisotopic (exact) mass is 333 g/mol. The first-order valence-corrected chi connectivity index (χ1v) is 7.97. The topological polar surface area (TPSA) is 85.5 Å². The zero-order valence-corrected chi connectivity index (χ0v) is 13.9. The van der Waals surface area contributed by atoms with Crippen molar-refractivity contribution in [2.45, 2.75) is 26.0 Å². The summed E-state index contributed by atoms with van der Waals surface area (Å²) in [5.41, 5.74) is 9.14. The van der Waals surface area contributed by atoms with E-state index in [1.165, 1.54) is 23.3 Å². The van der Waals surface area contributed by atoms with E-state index >= 15 is 0 Å². The Balaban J connectivity index is 2.01. The summed E-state index contributed by atoms with van der Waals surface area (Å²) in [6, 6.07) is 6.98. The van der Waals surface area contributed by atoms with Crippen molar-refractivity contribution < 1.29 is 14.3 Å². The molecule has 0 saturated heterocycles. The molecule has 2 N–H and O–H groups in total. The maximum Gasteiger partial charge on any atom is 0.410 e. The van der Waals surface area contributed by atoms with Gasteiger partial charge < -0.3 is 10.5 Å². The highest BCUT2D eigenvalue weighted by atomic mass is 32.1. The first-order valence-electron chi connectivity index (χ1n) is 7.09. The second-order valence-corrected chi connectivity index (χ2v) is 6.22. The Kier molecular flexibility index (Phi) is 5.70. The second kappa shape index (κ2) is 7.73. The van der Waals surface area contributed by atoms with E-state index in [0.29, 0.717) is 6.42 Å². The van der Waals surface area contributed by atoms with E-state index in [4.69, 9.17) is 10.5 Å². The molecule has 122 valence electrons. The van der Waals surface area contributed by atoms with Crippen molar-refractivity contribution in [3.63, 3.8) is 0 Å². The Bertz CT molecular complexity index is 673. The van der Waals surface area contributed by atoms with E-state index in [1.54, 1.807) is 11.7 Å². The quantitative estimate of drug-likeness (QED) is 0.877. The zero-order valence-electron chi connectivity index (χ0n) is 13.1. The van der Waals surface area contributed by atoms with Crippen LogP contribution >= 0.6 is 11.3 Å². The Morgan fingerprint density at radius 1 is 1.43 bits per heavy atom. The molecule has 0 bridgehead atoms. The molecule has 0 aliphatic heterocycles. The fourth-order valence-electron chi connectivity index (χ4n) is 2.17. The van der Waals surface area contributed by atoms with E-state index in [-0.39, 0.29) is 6.61 Å². The first-order chi connectivity index (χ1) is 11.0. The number of aromatic nitrogens is 1. The van der Waals surface area contributed by atoms with Crippen molar-refractivity contribution in [2.24, 2.45) is 5.73 Å². The molecule has 7 heteroatoms. The minimum absolute atomic E-state index is 0.129. The van der Waals surface area contributed by atoms with Crippen molar-refractivity contribution in [1.29, 1.82) is 0 Å². The van der Waals surface area contributed by atoms with Crippen LogP contribution in [0.2, 0.25) is 0 Å². The molecule has 1 aromatic carbocycles. The van der Waals surface area contributed by atoms with Gasteiger partial charge in [0.15, 0.2) is 0 Å². The van der Waals surface area contributed by atoms with Crippen LogP contribution in [-0.4, -0.2) is 35.0 Å². The van der Waals surface area contributed by atoms with E-state index < -0.39 is 18.0 Å². The lowest BCUT2D eigenvalue weighted by Crippen LogP contribution is -2.47. The molecule has 0 radical (unpaired) electrons. The van der Waals surface area contributed by atoms with Gasteiger partial charge in [0.05, 0.1) is 10.4 Å². The smallest absolute Gasteiger partial charge is 0.410 e. The Hall–Kier alpha value is -2.41. The molecule has 0 saturated carbocycles. The van der Waals surface area contributed by atoms with Gasteiger partial charge in [0.2, 0.25) is 5.91 Å². The summed E-state index contributed by atoms with van der Waals surface area (Å²) in [4.78, 5) is 29.8. The van der Waals surface area contributed by atoms with E-state index in [2.05, 4.69) is 4.98 Å². The highest BCUT2D eigenvalue weighted by molar-refractivity contribution is 7.09. The fourth-order valence-corrected chi connectivity index (χ4v) is 2.67. The molecule has 2 aromatic rings. The van der Waals surface area contributed by atoms with Crippen molar-refractivity contribution in [1.82, 2.24) is 9.88 Å². The van der Waals surface area contributed by atoms with Gasteiger partial charge >= 0.3 is 6.09 Å². The third-order valence-electron chi connectivity index (χ3n) is 3.42. The number of rotatable bonds is 6. The largest absolute Gasteiger partial charge is 0.444 e. The molecule has 0 aliphatic rings. The van der Waals surface area contributed by atoms with Crippen molar-refractivity contribution >= 4 is 23.3 Å². The minimum Gasteiger partial charge on any atom is -0.444 e. The molecule has 1 atom stereocenters. The molecular formula is C16H19N3O3S. The average molecular weight is 333 g/mol. The van der Waals surface area contributed by atoms with Gasteiger partial charge in [-0.1, -0.05) is 29.8 Å². The van der Waals surface area contributed by atoms with Crippen LogP contribution in [0.3, 0.4) is 0 Å². The fraction of sp³-hybridized carbons (Fsp3) is 0.312. The van der Waals surface area contributed by atoms with Crippen LogP contribution < -0.4 is 5.73 Å². The molecule has 6 nitrogen and oxygen atoms in total. The number of carbonyl (C=O) groups is 2. The van der Waals surface area contributed by atoms with E-state index in [9.17, 15) is 9.59 Å². The Morgan fingerprint density at radius 3 is 2.83 bits per heavy atom. The maximum absolute atomic E-state index is 12.1. The van der Waals surface area contributed by atoms with Gasteiger partial charge in [0, 0.05) is 19.7 Å². The Labute approximate surface area is 138 Å². The molecule has 1 heterocycles. The molecule has 1 aromatic heterocycles. The van der Waals surface area contributed by atoms with E-state index in [1.807, 2.05) is 31.2 Å². The van der Waals surface area contributed by atoms with E-state index in [0.717, 1.165) is 16.0 Å². The number of thiazole rings is 1. The SMILES string of the molecule is Cc1cccc(C[C@@H](C(N)=O)N(C)C(=O)OCc2cncs2)c1. The van der Waals surface area contributed by atoms with Crippen LogP contribution in [0, 0.1) is 6.92 Å². The number of primary amides is 1. The third-order valence-corrected chi connectivity index (χ3v) is 4.17. The third kappa shape index (κ3) is 4.79. The van der Waals surface area contributed by atoms with Crippen molar-refractivity contribution in [3.05, 3.63) is 52.0 Å². The van der Waals surface area contributed by atoms with Crippen LogP contribution in [0.5, 0.6) is 0 Å². The molecule has 2 rings (SSSR count). The highest BCUT2D eigenvalue weighted by Gasteiger charge is 2.26. The van der Waals surface area contributed by atoms with Crippen LogP contribution in [0.1, 0.15) is 16.0 Å². The first kappa shape index (κ1) is 17.0. The number of aryl methyl sites for hydroxylation is 1. The predicted octanol–water partition coefficient (Wildman–Crippen LogP) is 2.12. The number of hydrogen-bond acceptors (Lipinski definition) is 5. The van der Waals surface area contributed by atoms with Gasteiger partial charge in [-0.3, -0.25) is 14.7 Å². The summed E-state index contributed by atoms with van der Waals surface area (Å²) in [5.74, 6) is -0.566. The van der Waals surface area contributed by atoms with Crippen molar-refractivity contribution in [2.75, 3.05) is 7.05 Å². The van der Waals surface area contributed by atoms with Gasteiger partial charge in [-0.2, -0.15) is 0 Å². The maximum atomic E-state index is 12.1. The van der Waals surface area contributed by atoms with Crippen LogP contribution in [0.4, 0.5) is 4.79 Å². The summed E-state index contributed by atoms with van der Waals surface area (Å²) in [6.45, 7) is 2.10. The summed E-state index contributed by atoms with van der Waals surface area (Å²) < 4.78 is 5.19. The minimum atomic E-state index is -0.759.